The molecule has 0 saturated carbocycles. The predicted molar refractivity (Wildman–Crippen MR) is 107 cm³/mol. The fourth-order valence-electron chi connectivity index (χ4n) is 2.81. The van der Waals surface area contributed by atoms with Gasteiger partial charge in [-0.15, -0.1) is 0 Å². The van der Waals surface area contributed by atoms with Crippen LogP contribution in [0.3, 0.4) is 0 Å². The maximum absolute atomic E-state index is 12.9. The summed E-state index contributed by atoms with van der Waals surface area (Å²) in [6.07, 6.45) is -0.491. The average molecular weight is 392 g/mol. The third kappa shape index (κ3) is 4.40. The number of imide groups is 1. The lowest BCUT2D eigenvalue weighted by molar-refractivity contribution is -0.142. The second kappa shape index (κ2) is 8.52. The fourth-order valence-corrected chi connectivity index (χ4v) is 2.81. The smallest absolute Gasteiger partial charge is 0.351 e. The van der Waals surface area contributed by atoms with E-state index < -0.39 is 41.1 Å². The van der Waals surface area contributed by atoms with Gasteiger partial charge in [0.15, 0.2) is 5.71 Å². The van der Waals surface area contributed by atoms with Crippen molar-refractivity contribution < 1.29 is 24.2 Å². The van der Waals surface area contributed by atoms with Crippen LogP contribution in [-0.2, 0) is 20.9 Å². The Morgan fingerprint density at radius 3 is 2.21 bits per heavy atom. The molecule has 3 amide bonds. The van der Waals surface area contributed by atoms with E-state index in [0.29, 0.717) is 5.56 Å². The van der Waals surface area contributed by atoms with Crippen molar-refractivity contribution in [2.24, 2.45) is 4.99 Å². The number of amides is 3. The summed E-state index contributed by atoms with van der Waals surface area (Å²) in [6, 6.07) is 16.3. The minimum Gasteiger partial charge on any atom is -0.506 e. The van der Waals surface area contributed by atoms with Crippen LogP contribution in [0.1, 0.15) is 25.0 Å². The molecule has 0 bridgehead atoms. The molecule has 1 aliphatic rings. The van der Waals surface area contributed by atoms with E-state index in [9.17, 15) is 19.5 Å². The highest BCUT2D eigenvalue weighted by Gasteiger charge is 2.40. The lowest BCUT2D eigenvalue weighted by atomic mass is 10.0. The number of nitrogens with zero attached hydrogens (tertiary/aromatic N) is 2. The number of esters is 1. The van der Waals surface area contributed by atoms with Gasteiger partial charge >= 0.3 is 12.0 Å². The standard InChI is InChI=1S/C22H20N2O5/c1-14(2)29-21(27)17(19(25)16-11-7-4-8-12-16)18-20(26)24(22(28)23-18)13-15-9-5-3-6-10-15/h3-12,14,25H,13H2,1-2H3. The number of aliphatic hydroxyl groups excluding tert-OH is 1. The van der Waals surface area contributed by atoms with Gasteiger partial charge in [-0.3, -0.25) is 9.69 Å². The first-order valence-corrected chi connectivity index (χ1v) is 9.07. The van der Waals surface area contributed by atoms with Gasteiger partial charge in [-0.2, -0.15) is 4.99 Å². The van der Waals surface area contributed by atoms with Crippen molar-refractivity contribution in [1.82, 2.24) is 4.90 Å². The van der Waals surface area contributed by atoms with E-state index >= 15 is 0 Å². The number of carbonyl (C=O) groups is 3. The lowest BCUT2D eigenvalue weighted by Crippen LogP contribution is -2.34. The monoisotopic (exact) mass is 392 g/mol. The van der Waals surface area contributed by atoms with Gasteiger partial charge in [-0.1, -0.05) is 60.7 Å². The van der Waals surface area contributed by atoms with Gasteiger partial charge in [-0.25, -0.2) is 9.59 Å². The molecule has 0 spiro atoms. The Labute approximate surface area is 167 Å². The van der Waals surface area contributed by atoms with Gasteiger partial charge in [-0.05, 0) is 19.4 Å². The molecule has 1 heterocycles. The Morgan fingerprint density at radius 1 is 1.03 bits per heavy atom. The van der Waals surface area contributed by atoms with Crippen LogP contribution in [0.15, 0.2) is 71.2 Å². The van der Waals surface area contributed by atoms with Crippen molar-refractivity contribution in [3.63, 3.8) is 0 Å². The summed E-state index contributed by atoms with van der Waals surface area (Å²) in [7, 11) is 0. The number of hydrogen-bond donors (Lipinski definition) is 1. The van der Waals surface area contributed by atoms with Gasteiger partial charge in [0.1, 0.15) is 11.3 Å². The number of aliphatic hydroxyl groups is 1. The quantitative estimate of drug-likeness (QED) is 0.461. The molecule has 2 aromatic carbocycles. The van der Waals surface area contributed by atoms with Gasteiger partial charge in [0, 0.05) is 5.56 Å². The zero-order valence-electron chi connectivity index (χ0n) is 16.0. The van der Waals surface area contributed by atoms with Crippen LogP contribution in [0.5, 0.6) is 0 Å². The first-order chi connectivity index (χ1) is 13.9. The number of rotatable bonds is 6. The molecule has 1 aliphatic heterocycles. The fraction of sp³-hybridized carbons (Fsp3) is 0.182. The van der Waals surface area contributed by atoms with Crippen LogP contribution in [0.25, 0.3) is 5.76 Å². The summed E-state index contributed by atoms with van der Waals surface area (Å²) >= 11 is 0. The summed E-state index contributed by atoms with van der Waals surface area (Å²) in [5, 5.41) is 10.7. The minimum atomic E-state index is -0.928. The van der Waals surface area contributed by atoms with Crippen molar-refractivity contribution in [3.05, 3.63) is 77.4 Å². The molecular weight excluding hydrogens is 372 g/mol. The Bertz CT molecular complexity index is 994. The highest BCUT2D eigenvalue weighted by molar-refractivity contribution is 6.57. The summed E-state index contributed by atoms with van der Waals surface area (Å²) in [5.74, 6) is -2.17. The van der Waals surface area contributed by atoms with Crippen molar-refractivity contribution in [2.45, 2.75) is 26.5 Å². The molecule has 29 heavy (non-hydrogen) atoms. The minimum absolute atomic E-state index is 0.00408. The molecule has 7 heteroatoms. The molecule has 0 fully saturated rings. The number of aliphatic imine (C=N–C) groups is 1. The van der Waals surface area contributed by atoms with E-state index in [1.54, 1.807) is 68.4 Å². The topological polar surface area (TPSA) is 96.3 Å². The number of hydrogen-bond acceptors (Lipinski definition) is 5. The molecule has 0 unspecified atom stereocenters. The van der Waals surface area contributed by atoms with E-state index in [1.807, 2.05) is 6.07 Å². The number of carbonyl (C=O) groups excluding carboxylic acids is 3. The van der Waals surface area contributed by atoms with E-state index in [2.05, 4.69) is 4.99 Å². The largest absolute Gasteiger partial charge is 0.506 e. The molecule has 0 aliphatic carbocycles. The molecule has 2 aromatic rings. The molecule has 1 N–H and O–H groups in total. The SMILES string of the molecule is CC(C)OC(=O)C(C1=NC(=O)N(Cc2ccccc2)C1=O)=C(O)c1ccccc1. The summed E-state index contributed by atoms with van der Waals surface area (Å²) in [6.45, 7) is 3.28. The van der Waals surface area contributed by atoms with Crippen LogP contribution in [0.4, 0.5) is 4.79 Å². The van der Waals surface area contributed by atoms with Gasteiger partial charge < -0.3 is 9.84 Å². The summed E-state index contributed by atoms with van der Waals surface area (Å²) in [5.41, 5.74) is 0.164. The third-order valence-electron chi connectivity index (χ3n) is 4.14. The van der Waals surface area contributed by atoms with Crippen LogP contribution in [0.2, 0.25) is 0 Å². The van der Waals surface area contributed by atoms with Crippen molar-refractivity contribution in [1.29, 1.82) is 0 Å². The highest BCUT2D eigenvalue weighted by atomic mass is 16.5. The second-order valence-corrected chi connectivity index (χ2v) is 6.66. The van der Waals surface area contributed by atoms with E-state index in [-0.39, 0.29) is 6.54 Å². The zero-order valence-corrected chi connectivity index (χ0v) is 16.0. The number of urea groups is 1. The average Bonchev–Trinajstić information content (AvgIpc) is 2.97. The van der Waals surface area contributed by atoms with Gasteiger partial charge in [0.25, 0.3) is 5.91 Å². The maximum Gasteiger partial charge on any atom is 0.351 e. The highest BCUT2D eigenvalue weighted by Crippen LogP contribution is 2.24. The first-order valence-electron chi connectivity index (χ1n) is 9.07. The lowest BCUT2D eigenvalue weighted by Gasteiger charge is -2.15. The molecule has 0 aromatic heterocycles. The second-order valence-electron chi connectivity index (χ2n) is 6.66. The molecular formula is C22H20N2O5. The Hall–Kier alpha value is -3.74. The van der Waals surface area contributed by atoms with E-state index in [4.69, 9.17) is 4.74 Å². The molecule has 0 atom stereocenters. The van der Waals surface area contributed by atoms with Crippen molar-refractivity contribution >= 4 is 29.4 Å². The zero-order chi connectivity index (χ0) is 21.0. The third-order valence-corrected chi connectivity index (χ3v) is 4.14. The number of ether oxygens (including phenoxy) is 1. The summed E-state index contributed by atoms with van der Waals surface area (Å²) in [4.78, 5) is 42.6. The van der Waals surface area contributed by atoms with Crippen LogP contribution in [0, 0.1) is 0 Å². The normalized spacial score (nSPS) is 14.7. The molecule has 7 nitrogen and oxygen atoms in total. The van der Waals surface area contributed by atoms with E-state index in [0.717, 1.165) is 10.5 Å². The molecule has 0 saturated heterocycles. The van der Waals surface area contributed by atoms with Crippen molar-refractivity contribution in [2.75, 3.05) is 0 Å². The van der Waals surface area contributed by atoms with Gasteiger partial charge in [0.05, 0.1) is 12.6 Å². The van der Waals surface area contributed by atoms with E-state index in [1.165, 1.54) is 0 Å². The Balaban J connectivity index is 2.00. The number of benzene rings is 2. The molecule has 148 valence electrons. The van der Waals surface area contributed by atoms with Crippen LogP contribution < -0.4 is 0 Å². The van der Waals surface area contributed by atoms with Gasteiger partial charge in [0.2, 0.25) is 0 Å². The maximum atomic E-state index is 12.9. The molecule has 0 radical (unpaired) electrons. The Morgan fingerprint density at radius 2 is 1.62 bits per heavy atom. The summed E-state index contributed by atoms with van der Waals surface area (Å²) < 4.78 is 5.18. The first kappa shape index (κ1) is 20.0. The van der Waals surface area contributed by atoms with Crippen LogP contribution >= 0.6 is 0 Å². The van der Waals surface area contributed by atoms with Crippen LogP contribution in [-0.4, -0.2) is 39.7 Å². The predicted octanol–water partition coefficient (Wildman–Crippen LogP) is 3.51. The van der Waals surface area contributed by atoms with Crippen molar-refractivity contribution in [3.8, 4) is 0 Å². The molecule has 3 rings (SSSR count). The Kier molecular flexibility index (Phi) is 5.87.